The zero-order chi connectivity index (χ0) is 16.2. The first kappa shape index (κ1) is 16.0. The lowest BCUT2D eigenvalue weighted by atomic mass is 9.95. The maximum atomic E-state index is 12.3. The van der Waals surface area contributed by atoms with Gasteiger partial charge in [-0.1, -0.05) is 31.9 Å². The minimum atomic E-state index is -0.883. The summed E-state index contributed by atoms with van der Waals surface area (Å²) in [6.07, 6.45) is 5.54. The molecule has 0 spiro atoms. The Labute approximate surface area is 138 Å². The number of imidazole rings is 1. The van der Waals surface area contributed by atoms with Crippen LogP contribution in [0.5, 0.6) is 0 Å². The SMILES string of the molecule is CC[S@@](=O)[C@H]1CCCC[C@@H]1NC(=O)Nn1cnc2ccccc21. The van der Waals surface area contributed by atoms with Gasteiger partial charge in [-0.2, -0.15) is 0 Å². The molecule has 0 aliphatic heterocycles. The number of amides is 2. The topological polar surface area (TPSA) is 76.0 Å². The minimum Gasteiger partial charge on any atom is -0.333 e. The molecule has 1 heterocycles. The van der Waals surface area contributed by atoms with E-state index in [1.807, 2.05) is 31.2 Å². The third kappa shape index (κ3) is 3.55. The number of carbonyl (C=O) groups excluding carboxylic acids is 1. The molecule has 2 aromatic rings. The second-order valence-corrected chi connectivity index (χ2v) is 7.73. The van der Waals surface area contributed by atoms with Crippen LogP contribution < -0.4 is 10.7 Å². The van der Waals surface area contributed by atoms with Gasteiger partial charge in [-0.15, -0.1) is 0 Å². The summed E-state index contributed by atoms with van der Waals surface area (Å²) in [5.41, 5.74) is 4.47. The number of carbonyl (C=O) groups is 1. The van der Waals surface area contributed by atoms with E-state index in [0.29, 0.717) is 5.75 Å². The van der Waals surface area contributed by atoms with Gasteiger partial charge < -0.3 is 5.32 Å². The van der Waals surface area contributed by atoms with Crippen LogP contribution in [0.15, 0.2) is 30.6 Å². The van der Waals surface area contributed by atoms with Crippen LogP contribution in [0, 0.1) is 0 Å². The Hall–Kier alpha value is -1.89. The predicted molar refractivity (Wildman–Crippen MR) is 92.4 cm³/mol. The van der Waals surface area contributed by atoms with Gasteiger partial charge in [0.2, 0.25) is 0 Å². The molecule has 7 heteroatoms. The zero-order valence-electron chi connectivity index (χ0n) is 13.2. The third-order valence-corrected chi connectivity index (χ3v) is 6.13. The first-order chi connectivity index (χ1) is 11.2. The van der Waals surface area contributed by atoms with Crippen LogP contribution in [0.3, 0.4) is 0 Å². The van der Waals surface area contributed by atoms with Crippen molar-refractivity contribution in [2.24, 2.45) is 0 Å². The number of nitrogens with zero attached hydrogens (tertiary/aromatic N) is 2. The number of para-hydroxylation sites is 2. The minimum absolute atomic E-state index is 0.0284. The number of urea groups is 1. The molecule has 23 heavy (non-hydrogen) atoms. The van der Waals surface area contributed by atoms with E-state index in [4.69, 9.17) is 0 Å². The molecule has 3 rings (SSSR count). The summed E-state index contributed by atoms with van der Waals surface area (Å²) in [6.45, 7) is 1.93. The number of nitrogens with one attached hydrogen (secondary N) is 2. The van der Waals surface area contributed by atoms with E-state index in [1.54, 1.807) is 11.0 Å². The molecule has 1 aromatic heterocycles. The van der Waals surface area contributed by atoms with Crippen molar-refractivity contribution < 1.29 is 9.00 Å². The molecular formula is C16H22N4O2S. The molecular weight excluding hydrogens is 312 g/mol. The summed E-state index contributed by atoms with van der Waals surface area (Å²) in [5, 5.41) is 3.05. The summed E-state index contributed by atoms with van der Waals surface area (Å²) in [4.78, 5) is 16.6. The van der Waals surface area contributed by atoms with E-state index in [-0.39, 0.29) is 17.3 Å². The summed E-state index contributed by atoms with van der Waals surface area (Å²) in [6, 6.07) is 7.30. The van der Waals surface area contributed by atoms with Crippen LogP contribution in [0.1, 0.15) is 32.6 Å². The van der Waals surface area contributed by atoms with E-state index >= 15 is 0 Å². The zero-order valence-corrected chi connectivity index (χ0v) is 14.0. The monoisotopic (exact) mass is 334 g/mol. The molecule has 6 nitrogen and oxygen atoms in total. The summed E-state index contributed by atoms with van der Waals surface area (Å²) in [7, 11) is -0.883. The van der Waals surface area contributed by atoms with Crippen molar-refractivity contribution in [3.63, 3.8) is 0 Å². The summed E-state index contributed by atoms with van der Waals surface area (Å²) < 4.78 is 13.8. The van der Waals surface area contributed by atoms with Gasteiger partial charge in [0.05, 0.1) is 16.3 Å². The Morgan fingerprint density at radius 3 is 2.96 bits per heavy atom. The normalized spacial score (nSPS) is 22.7. The highest BCUT2D eigenvalue weighted by Crippen LogP contribution is 2.23. The quantitative estimate of drug-likeness (QED) is 0.901. The maximum Gasteiger partial charge on any atom is 0.334 e. The molecule has 1 aliphatic carbocycles. The molecule has 0 saturated heterocycles. The molecule has 1 aliphatic rings. The maximum absolute atomic E-state index is 12.3. The van der Waals surface area contributed by atoms with Gasteiger partial charge in [0.1, 0.15) is 6.33 Å². The lowest BCUT2D eigenvalue weighted by molar-refractivity contribution is 0.242. The van der Waals surface area contributed by atoms with Crippen molar-refractivity contribution in [1.82, 2.24) is 15.0 Å². The number of fused-ring (bicyclic) bond motifs is 1. The van der Waals surface area contributed by atoms with Crippen LogP contribution in [-0.2, 0) is 10.8 Å². The highest BCUT2D eigenvalue weighted by Gasteiger charge is 2.30. The van der Waals surface area contributed by atoms with Crippen LogP contribution in [0.4, 0.5) is 4.79 Å². The molecule has 124 valence electrons. The largest absolute Gasteiger partial charge is 0.334 e. The van der Waals surface area contributed by atoms with E-state index in [1.165, 1.54) is 0 Å². The molecule has 2 N–H and O–H groups in total. The number of aromatic nitrogens is 2. The third-order valence-electron chi connectivity index (χ3n) is 4.32. The molecule has 0 unspecified atom stereocenters. The number of rotatable bonds is 4. The Morgan fingerprint density at radius 1 is 1.35 bits per heavy atom. The standard InChI is InChI=1S/C16H22N4O2S/c1-2-23(22)15-10-6-4-8-13(15)18-16(21)19-20-11-17-12-7-3-5-9-14(12)20/h3,5,7,9,11,13,15H,2,4,6,8,10H2,1H3,(H2,18,19,21)/t13-,15-,23+/m0/s1. The molecule has 2 amide bonds. The molecule has 0 radical (unpaired) electrons. The highest BCUT2D eigenvalue weighted by atomic mass is 32.2. The lowest BCUT2D eigenvalue weighted by Gasteiger charge is -2.31. The molecule has 1 aromatic carbocycles. The number of hydrogen-bond donors (Lipinski definition) is 2. The number of hydrogen-bond acceptors (Lipinski definition) is 3. The fourth-order valence-corrected chi connectivity index (χ4v) is 4.58. The Balaban J connectivity index is 1.67. The molecule has 0 bridgehead atoms. The number of benzene rings is 1. The van der Waals surface area contributed by atoms with Gasteiger partial charge >= 0.3 is 6.03 Å². The van der Waals surface area contributed by atoms with Crippen molar-refractivity contribution in [1.29, 1.82) is 0 Å². The second kappa shape index (κ2) is 7.12. The van der Waals surface area contributed by atoms with Gasteiger partial charge in [-0.3, -0.25) is 4.21 Å². The van der Waals surface area contributed by atoms with E-state index < -0.39 is 10.8 Å². The highest BCUT2D eigenvalue weighted by molar-refractivity contribution is 7.85. The van der Waals surface area contributed by atoms with E-state index in [9.17, 15) is 9.00 Å². The fourth-order valence-electron chi connectivity index (χ4n) is 3.15. The van der Waals surface area contributed by atoms with Crippen LogP contribution >= 0.6 is 0 Å². The average molecular weight is 334 g/mol. The van der Waals surface area contributed by atoms with Crippen LogP contribution in [0.25, 0.3) is 11.0 Å². The van der Waals surface area contributed by atoms with E-state index in [0.717, 1.165) is 36.7 Å². The van der Waals surface area contributed by atoms with Gasteiger partial charge in [0.15, 0.2) is 0 Å². The molecule has 1 fully saturated rings. The van der Waals surface area contributed by atoms with Crippen molar-refractivity contribution in [3.8, 4) is 0 Å². The second-order valence-electron chi connectivity index (χ2n) is 5.79. The summed E-state index contributed by atoms with van der Waals surface area (Å²) >= 11 is 0. The lowest BCUT2D eigenvalue weighted by Crippen LogP contribution is -2.49. The Bertz CT molecular complexity index is 715. The van der Waals surface area contributed by atoms with Gasteiger partial charge in [0, 0.05) is 22.6 Å². The average Bonchev–Trinajstić information content (AvgIpc) is 2.98. The molecule has 3 atom stereocenters. The van der Waals surface area contributed by atoms with Gasteiger partial charge in [-0.25, -0.2) is 19.9 Å². The predicted octanol–water partition coefficient (Wildman–Crippen LogP) is 2.37. The first-order valence-corrected chi connectivity index (χ1v) is 9.44. The van der Waals surface area contributed by atoms with Crippen molar-refractivity contribution >= 4 is 27.9 Å². The Morgan fingerprint density at radius 2 is 2.13 bits per heavy atom. The van der Waals surface area contributed by atoms with Gasteiger partial charge in [-0.05, 0) is 25.0 Å². The van der Waals surface area contributed by atoms with E-state index in [2.05, 4.69) is 15.7 Å². The van der Waals surface area contributed by atoms with Crippen LogP contribution in [-0.4, -0.2) is 36.9 Å². The van der Waals surface area contributed by atoms with Crippen molar-refractivity contribution in [2.75, 3.05) is 11.2 Å². The van der Waals surface area contributed by atoms with Crippen molar-refractivity contribution in [3.05, 3.63) is 30.6 Å². The smallest absolute Gasteiger partial charge is 0.333 e. The van der Waals surface area contributed by atoms with Crippen molar-refractivity contribution in [2.45, 2.75) is 43.9 Å². The summed E-state index contributed by atoms with van der Waals surface area (Å²) in [5.74, 6) is 0.636. The first-order valence-electron chi connectivity index (χ1n) is 8.06. The fraction of sp³-hybridized carbons (Fsp3) is 0.500. The molecule has 1 saturated carbocycles. The van der Waals surface area contributed by atoms with Crippen LogP contribution in [0.2, 0.25) is 0 Å². The van der Waals surface area contributed by atoms with Gasteiger partial charge in [0.25, 0.3) is 0 Å². The Kier molecular flexibility index (Phi) is 4.95.